The van der Waals surface area contributed by atoms with Gasteiger partial charge in [-0.1, -0.05) is 49.2 Å². The first-order valence-corrected chi connectivity index (χ1v) is 11.9. The Kier molecular flexibility index (Phi) is 5.58. The standard InChI is InChI=1S/C26H31ClN2O3/c1-16-4-7-21(27)20(12-16)18-5-6-19-22(13-18)31-15-26(2,3)24(19)28-25(30)32-23-14-29-10-8-17(23)9-11-29/h4-7,12-13,17,23-24H,8-11,14-15H2,1-3H3,(H,28,30)/t23-,24?/m0/s1. The fourth-order valence-electron chi connectivity index (χ4n) is 5.30. The average Bonchev–Trinajstić information content (AvgIpc) is 2.78. The molecule has 32 heavy (non-hydrogen) atoms. The zero-order valence-electron chi connectivity index (χ0n) is 19.0. The minimum Gasteiger partial charge on any atom is -0.493 e. The monoisotopic (exact) mass is 454 g/mol. The first kappa shape index (κ1) is 21.6. The molecular formula is C26H31ClN2O3. The van der Waals surface area contributed by atoms with Gasteiger partial charge in [0.15, 0.2) is 0 Å². The number of carbonyl (C=O) groups is 1. The second-order valence-corrected chi connectivity index (χ2v) is 10.6. The lowest BCUT2D eigenvalue weighted by Crippen LogP contribution is -2.53. The zero-order valence-corrected chi connectivity index (χ0v) is 19.7. The van der Waals surface area contributed by atoms with Gasteiger partial charge in [-0.25, -0.2) is 4.79 Å². The summed E-state index contributed by atoms with van der Waals surface area (Å²) in [6.07, 6.45) is 1.90. The normalized spacial score (nSPS) is 27.9. The van der Waals surface area contributed by atoms with Crippen molar-refractivity contribution >= 4 is 17.7 Å². The molecule has 0 aliphatic carbocycles. The number of ether oxygens (including phenoxy) is 2. The zero-order chi connectivity index (χ0) is 22.5. The summed E-state index contributed by atoms with van der Waals surface area (Å²) in [5.74, 6) is 1.27. The quantitative estimate of drug-likeness (QED) is 0.656. The van der Waals surface area contributed by atoms with E-state index in [4.69, 9.17) is 21.1 Å². The van der Waals surface area contributed by atoms with Gasteiger partial charge in [0.05, 0.1) is 12.6 Å². The number of aryl methyl sites for hydroxylation is 1. The molecule has 0 aromatic heterocycles. The molecule has 5 nitrogen and oxygen atoms in total. The second-order valence-electron chi connectivity index (χ2n) is 10.2. The van der Waals surface area contributed by atoms with Crippen LogP contribution in [0, 0.1) is 18.3 Å². The SMILES string of the molecule is Cc1ccc(Cl)c(-c2ccc3c(c2)OCC(C)(C)C3NC(=O)O[C@H]2CN3CCC2CC3)c1. The molecule has 2 aromatic rings. The summed E-state index contributed by atoms with van der Waals surface area (Å²) in [5, 5.41) is 3.88. The third kappa shape index (κ3) is 4.08. The van der Waals surface area contributed by atoms with Crippen LogP contribution >= 0.6 is 11.6 Å². The molecule has 1 unspecified atom stereocenters. The number of hydrogen-bond donors (Lipinski definition) is 1. The topological polar surface area (TPSA) is 50.8 Å². The van der Waals surface area contributed by atoms with Crippen LogP contribution in [0.4, 0.5) is 4.79 Å². The Morgan fingerprint density at radius 2 is 1.97 bits per heavy atom. The lowest BCUT2D eigenvalue weighted by Gasteiger charge is -2.44. The number of fused-ring (bicyclic) bond motifs is 4. The number of amides is 1. The van der Waals surface area contributed by atoms with Crippen LogP contribution in [0.15, 0.2) is 36.4 Å². The van der Waals surface area contributed by atoms with Crippen LogP contribution in [0.1, 0.15) is 43.9 Å². The van der Waals surface area contributed by atoms with Crippen LogP contribution in [0.3, 0.4) is 0 Å². The van der Waals surface area contributed by atoms with Gasteiger partial charge in [-0.3, -0.25) is 4.90 Å². The molecule has 6 heteroatoms. The van der Waals surface area contributed by atoms with E-state index in [1.807, 2.05) is 24.3 Å². The second kappa shape index (κ2) is 8.27. The summed E-state index contributed by atoms with van der Waals surface area (Å²) in [4.78, 5) is 15.3. The maximum atomic E-state index is 12.9. The van der Waals surface area contributed by atoms with Crippen molar-refractivity contribution in [2.45, 2.75) is 45.8 Å². The van der Waals surface area contributed by atoms with Crippen LogP contribution in [0.2, 0.25) is 5.02 Å². The van der Waals surface area contributed by atoms with E-state index in [-0.39, 0.29) is 23.7 Å². The highest BCUT2D eigenvalue weighted by molar-refractivity contribution is 6.33. The molecule has 2 atom stereocenters. The van der Waals surface area contributed by atoms with E-state index >= 15 is 0 Å². The van der Waals surface area contributed by atoms with Gasteiger partial charge in [-0.2, -0.15) is 0 Å². The highest BCUT2D eigenvalue weighted by Crippen LogP contribution is 2.45. The predicted molar refractivity (Wildman–Crippen MR) is 126 cm³/mol. The Hall–Kier alpha value is -2.24. The van der Waals surface area contributed by atoms with E-state index in [9.17, 15) is 4.79 Å². The number of alkyl carbamates (subject to hydrolysis) is 1. The van der Waals surface area contributed by atoms with E-state index in [1.165, 1.54) is 0 Å². The number of benzene rings is 2. The smallest absolute Gasteiger partial charge is 0.407 e. The number of carbonyl (C=O) groups excluding carboxylic acids is 1. The summed E-state index contributed by atoms with van der Waals surface area (Å²) >= 11 is 6.46. The first-order valence-electron chi connectivity index (χ1n) is 11.5. The molecular weight excluding hydrogens is 424 g/mol. The van der Waals surface area contributed by atoms with Gasteiger partial charge in [0, 0.05) is 28.1 Å². The number of rotatable bonds is 3. The van der Waals surface area contributed by atoms with E-state index in [2.05, 4.69) is 43.1 Å². The summed E-state index contributed by atoms with van der Waals surface area (Å²) in [6.45, 7) is 9.89. The van der Waals surface area contributed by atoms with Crippen molar-refractivity contribution in [2.24, 2.45) is 11.3 Å². The van der Waals surface area contributed by atoms with Crippen LogP contribution in [0.25, 0.3) is 11.1 Å². The lowest BCUT2D eigenvalue weighted by atomic mass is 9.78. The maximum Gasteiger partial charge on any atom is 0.407 e. The van der Waals surface area contributed by atoms with E-state index in [1.54, 1.807) is 0 Å². The lowest BCUT2D eigenvalue weighted by molar-refractivity contribution is -0.0361. The van der Waals surface area contributed by atoms with Gasteiger partial charge in [-0.15, -0.1) is 0 Å². The summed E-state index contributed by atoms with van der Waals surface area (Å²) in [5.41, 5.74) is 3.85. The minimum absolute atomic E-state index is 0.00855. The molecule has 0 saturated carbocycles. The van der Waals surface area contributed by atoms with Gasteiger partial charge >= 0.3 is 6.09 Å². The summed E-state index contributed by atoms with van der Waals surface area (Å²) in [6, 6.07) is 11.9. The maximum absolute atomic E-state index is 12.9. The largest absolute Gasteiger partial charge is 0.493 e. The van der Waals surface area contributed by atoms with Crippen LogP contribution in [0.5, 0.6) is 5.75 Å². The van der Waals surface area contributed by atoms with Crippen LogP contribution < -0.4 is 10.1 Å². The number of nitrogens with one attached hydrogen (secondary N) is 1. The van der Waals surface area contributed by atoms with Gasteiger partial charge in [0.25, 0.3) is 0 Å². The molecule has 2 bridgehead atoms. The van der Waals surface area contributed by atoms with E-state index in [0.717, 1.165) is 60.5 Å². The van der Waals surface area contributed by atoms with Gasteiger partial charge in [0.2, 0.25) is 0 Å². The van der Waals surface area contributed by atoms with Gasteiger partial charge < -0.3 is 14.8 Å². The molecule has 1 N–H and O–H groups in total. The van der Waals surface area contributed by atoms with Crippen molar-refractivity contribution < 1.29 is 14.3 Å². The highest BCUT2D eigenvalue weighted by Gasteiger charge is 2.41. The molecule has 170 valence electrons. The third-order valence-corrected chi connectivity index (χ3v) is 7.58. The van der Waals surface area contributed by atoms with Crippen molar-refractivity contribution in [3.05, 3.63) is 52.5 Å². The number of halogens is 1. The molecule has 6 rings (SSSR count). The Balaban J connectivity index is 1.37. The molecule has 0 spiro atoms. The molecule has 4 aliphatic rings. The number of hydrogen-bond acceptors (Lipinski definition) is 4. The first-order chi connectivity index (χ1) is 15.3. The Labute approximate surface area is 195 Å². The fraction of sp³-hybridized carbons (Fsp3) is 0.500. The van der Waals surface area contributed by atoms with E-state index < -0.39 is 0 Å². The third-order valence-electron chi connectivity index (χ3n) is 7.26. The molecule has 2 aromatic carbocycles. The van der Waals surface area contributed by atoms with Crippen LogP contribution in [-0.4, -0.2) is 43.3 Å². The fourth-order valence-corrected chi connectivity index (χ4v) is 5.53. The molecule has 0 radical (unpaired) electrons. The van der Waals surface area contributed by atoms with Crippen molar-refractivity contribution in [3.63, 3.8) is 0 Å². The number of piperidine rings is 3. The van der Waals surface area contributed by atoms with Crippen molar-refractivity contribution in [1.29, 1.82) is 0 Å². The number of nitrogens with zero attached hydrogens (tertiary/aromatic N) is 1. The molecule has 4 aliphatic heterocycles. The molecule has 4 heterocycles. The molecule has 3 fully saturated rings. The minimum atomic E-state index is -0.333. The highest BCUT2D eigenvalue weighted by atomic mass is 35.5. The summed E-state index contributed by atoms with van der Waals surface area (Å²) in [7, 11) is 0. The van der Waals surface area contributed by atoms with Crippen molar-refractivity contribution in [1.82, 2.24) is 10.2 Å². The Morgan fingerprint density at radius 1 is 1.19 bits per heavy atom. The van der Waals surface area contributed by atoms with Crippen molar-refractivity contribution in [2.75, 3.05) is 26.2 Å². The van der Waals surface area contributed by atoms with E-state index in [0.29, 0.717) is 17.5 Å². The molecule has 3 saturated heterocycles. The Bertz CT molecular complexity index is 1030. The summed E-state index contributed by atoms with van der Waals surface area (Å²) < 4.78 is 12.0. The average molecular weight is 455 g/mol. The predicted octanol–water partition coefficient (Wildman–Crippen LogP) is 5.60. The molecule has 1 amide bonds. The van der Waals surface area contributed by atoms with Crippen LogP contribution in [-0.2, 0) is 4.74 Å². The van der Waals surface area contributed by atoms with Gasteiger partial charge in [0.1, 0.15) is 11.9 Å². The van der Waals surface area contributed by atoms with Crippen molar-refractivity contribution in [3.8, 4) is 16.9 Å². The van der Waals surface area contributed by atoms with Gasteiger partial charge in [-0.05, 0) is 62.5 Å². The Morgan fingerprint density at radius 3 is 2.69 bits per heavy atom.